The number of ether oxygens (including phenoxy) is 1. The molecule has 1 aromatic heterocycles. The molecular formula is C23H27ClN2O5. The molecule has 0 aliphatic carbocycles. The molecule has 1 fully saturated rings. The van der Waals surface area contributed by atoms with E-state index in [2.05, 4.69) is 4.90 Å². The van der Waals surface area contributed by atoms with E-state index in [-0.39, 0.29) is 11.3 Å². The van der Waals surface area contributed by atoms with E-state index in [1.807, 2.05) is 20.8 Å². The summed E-state index contributed by atoms with van der Waals surface area (Å²) in [5.41, 5.74) is 0.312. The molecule has 7 nitrogen and oxygen atoms in total. The zero-order valence-electron chi connectivity index (χ0n) is 17.9. The largest absolute Gasteiger partial charge is 0.507 e. The number of ketones is 1. The normalized spacial score (nSPS) is 18.2. The Morgan fingerprint density at radius 1 is 1.23 bits per heavy atom. The predicted octanol–water partition coefficient (Wildman–Crippen LogP) is 4.10. The number of hydrogen-bond acceptors (Lipinski definition) is 6. The Balaban J connectivity index is 2.03. The van der Waals surface area contributed by atoms with Gasteiger partial charge in [-0.15, -0.1) is 0 Å². The Morgan fingerprint density at radius 3 is 2.55 bits per heavy atom. The molecule has 0 saturated carbocycles. The molecule has 2 heterocycles. The van der Waals surface area contributed by atoms with Crippen molar-refractivity contribution in [3.8, 4) is 5.75 Å². The summed E-state index contributed by atoms with van der Waals surface area (Å²) >= 11 is 6.26. The standard InChI is InChI=1S/C23H27ClN2O5/c1-4-25(5-2)11-12-26-20(18-8-7-13-31-18)19(22(28)23(26)29)21(27)15-9-10-17(30-6-3)16(24)14-15/h7-10,13-14,20,27H,4-6,11-12H2,1-3H3/t20-/m0/s1. The summed E-state index contributed by atoms with van der Waals surface area (Å²) in [6.07, 6.45) is 1.48. The number of rotatable bonds is 9. The van der Waals surface area contributed by atoms with Gasteiger partial charge in [-0.1, -0.05) is 25.4 Å². The van der Waals surface area contributed by atoms with E-state index in [0.29, 0.717) is 41.8 Å². The van der Waals surface area contributed by atoms with Gasteiger partial charge in [0, 0.05) is 18.7 Å². The van der Waals surface area contributed by atoms with Crippen molar-refractivity contribution < 1.29 is 23.8 Å². The first-order chi connectivity index (χ1) is 14.9. The number of nitrogens with zero attached hydrogens (tertiary/aromatic N) is 2. The van der Waals surface area contributed by atoms with Crippen LogP contribution in [0, 0.1) is 0 Å². The topological polar surface area (TPSA) is 83.2 Å². The molecular weight excluding hydrogens is 420 g/mol. The maximum absolute atomic E-state index is 13.0. The second kappa shape index (κ2) is 10.0. The van der Waals surface area contributed by atoms with Crippen LogP contribution in [-0.2, 0) is 9.59 Å². The van der Waals surface area contributed by atoms with E-state index in [1.54, 1.807) is 24.3 Å². The first-order valence-electron chi connectivity index (χ1n) is 10.4. The summed E-state index contributed by atoms with van der Waals surface area (Å²) in [5, 5.41) is 11.3. The number of amides is 1. The molecule has 1 aromatic carbocycles. The lowest BCUT2D eigenvalue weighted by atomic mass is 9.99. The minimum atomic E-state index is -0.809. The first kappa shape index (κ1) is 22.9. The van der Waals surface area contributed by atoms with E-state index < -0.39 is 17.7 Å². The van der Waals surface area contributed by atoms with E-state index in [9.17, 15) is 14.7 Å². The molecule has 31 heavy (non-hydrogen) atoms. The van der Waals surface area contributed by atoms with Crippen LogP contribution in [0.1, 0.15) is 38.1 Å². The fraction of sp³-hybridized carbons (Fsp3) is 0.391. The van der Waals surface area contributed by atoms with E-state index >= 15 is 0 Å². The van der Waals surface area contributed by atoms with Crippen molar-refractivity contribution in [2.75, 3.05) is 32.8 Å². The quantitative estimate of drug-likeness (QED) is 0.355. The van der Waals surface area contributed by atoms with Gasteiger partial charge in [-0.25, -0.2) is 0 Å². The summed E-state index contributed by atoms with van der Waals surface area (Å²) in [6, 6.07) is 7.32. The molecule has 2 aromatic rings. The van der Waals surface area contributed by atoms with Gasteiger partial charge in [-0.05, 0) is 50.3 Å². The van der Waals surface area contributed by atoms with Gasteiger partial charge in [0.15, 0.2) is 0 Å². The molecule has 1 N–H and O–H groups in total. The number of likely N-dealkylation sites (tertiary alicyclic amines) is 1. The minimum absolute atomic E-state index is 0.0141. The highest BCUT2D eigenvalue weighted by Gasteiger charge is 2.47. The van der Waals surface area contributed by atoms with Crippen molar-refractivity contribution in [2.24, 2.45) is 0 Å². The Hall–Kier alpha value is -2.77. The van der Waals surface area contributed by atoms with Gasteiger partial charge in [0.25, 0.3) is 11.7 Å². The van der Waals surface area contributed by atoms with Crippen LogP contribution >= 0.6 is 11.6 Å². The van der Waals surface area contributed by atoms with Crippen molar-refractivity contribution in [2.45, 2.75) is 26.8 Å². The summed E-state index contributed by atoms with van der Waals surface area (Å²) in [7, 11) is 0. The molecule has 0 radical (unpaired) electrons. The van der Waals surface area contributed by atoms with Gasteiger partial charge in [-0.2, -0.15) is 0 Å². The fourth-order valence-electron chi connectivity index (χ4n) is 3.72. The average molecular weight is 447 g/mol. The number of benzene rings is 1. The lowest BCUT2D eigenvalue weighted by Gasteiger charge is -2.26. The molecule has 0 spiro atoms. The maximum Gasteiger partial charge on any atom is 0.295 e. The number of halogens is 1. The van der Waals surface area contributed by atoms with Crippen LogP contribution in [-0.4, -0.2) is 59.4 Å². The Kier molecular flexibility index (Phi) is 7.41. The van der Waals surface area contributed by atoms with Crippen LogP contribution in [0.15, 0.2) is 46.6 Å². The summed E-state index contributed by atoms with van der Waals surface area (Å²) in [5.74, 6) is -0.814. The Morgan fingerprint density at radius 2 is 1.97 bits per heavy atom. The van der Waals surface area contributed by atoms with Crippen LogP contribution < -0.4 is 4.74 Å². The maximum atomic E-state index is 13.0. The monoisotopic (exact) mass is 446 g/mol. The van der Waals surface area contributed by atoms with Crippen molar-refractivity contribution in [3.05, 3.63) is 58.5 Å². The van der Waals surface area contributed by atoms with E-state index in [1.165, 1.54) is 17.2 Å². The van der Waals surface area contributed by atoms with Gasteiger partial charge in [0.05, 0.1) is 23.5 Å². The molecule has 8 heteroatoms. The molecule has 1 saturated heterocycles. The molecule has 0 unspecified atom stereocenters. The number of aliphatic hydroxyl groups excluding tert-OH is 1. The first-order valence-corrected chi connectivity index (χ1v) is 10.8. The zero-order valence-corrected chi connectivity index (χ0v) is 18.7. The summed E-state index contributed by atoms with van der Waals surface area (Å²) < 4.78 is 11.0. The number of carbonyl (C=O) groups is 2. The molecule has 1 aliphatic heterocycles. The molecule has 1 aliphatic rings. The zero-order chi connectivity index (χ0) is 22.5. The number of furan rings is 1. The molecule has 1 amide bonds. The van der Waals surface area contributed by atoms with E-state index in [0.717, 1.165) is 13.1 Å². The van der Waals surface area contributed by atoms with Crippen molar-refractivity contribution in [1.29, 1.82) is 0 Å². The van der Waals surface area contributed by atoms with Gasteiger partial charge >= 0.3 is 0 Å². The Bertz CT molecular complexity index is 966. The van der Waals surface area contributed by atoms with Crippen LogP contribution in [0.5, 0.6) is 5.75 Å². The number of likely N-dealkylation sites (N-methyl/N-ethyl adjacent to an activating group) is 1. The van der Waals surface area contributed by atoms with Gasteiger partial charge < -0.3 is 24.1 Å². The third-order valence-corrected chi connectivity index (χ3v) is 5.70. The summed E-state index contributed by atoms with van der Waals surface area (Å²) in [4.78, 5) is 29.4. The highest BCUT2D eigenvalue weighted by Crippen LogP contribution is 2.40. The Labute approximate surface area is 186 Å². The van der Waals surface area contributed by atoms with Gasteiger partial charge in [0.1, 0.15) is 23.3 Å². The summed E-state index contributed by atoms with van der Waals surface area (Å²) in [6.45, 7) is 8.96. The number of carbonyl (C=O) groups excluding carboxylic acids is 2. The number of aliphatic hydroxyl groups is 1. The van der Waals surface area contributed by atoms with Crippen molar-refractivity contribution in [3.63, 3.8) is 0 Å². The highest BCUT2D eigenvalue weighted by atomic mass is 35.5. The predicted molar refractivity (Wildman–Crippen MR) is 118 cm³/mol. The average Bonchev–Trinajstić information content (AvgIpc) is 3.38. The lowest BCUT2D eigenvalue weighted by Crippen LogP contribution is -2.37. The van der Waals surface area contributed by atoms with Gasteiger partial charge in [-0.3, -0.25) is 9.59 Å². The molecule has 0 bridgehead atoms. The minimum Gasteiger partial charge on any atom is -0.507 e. The van der Waals surface area contributed by atoms with Crippen LogP contribution in [0.2, 0.25) is 5.02 Å². The third-order valence-electron chi connectivity index (χ3n) is 5.41. The smallest absolute Gasteiger partial charge is 0.295 e. The number of hydrogen-bond donors (Lipinski definition) is 1. The highest BCUT2D eigenvalue weighted by molar-refractivity contribution is 6.46. The molecule has 3 rings (SSSR count). The SMILES string of the molecule is CCOc1ccc(C(O)=C2C(=O)C(=O)N(CCN(CC)CC)[C@H]2c2ccco2)cc1Cl. The fourth-order valence-corrected chi connectivity index (χ4v) is 3.95. The molecule has 166 valence electrons. The van der Waals surface area contributed by atoms with E-state index in [4.69, 9.17) is 20.8 Å². The van der Waals surface area contributed by atoms with Crippen molar-refractivity contribution in [1.82, 2.24) is 9.80 Å². The third kappa shape index (κ3) is 4.62. The van der Waals surface area contributed by atoms with Crippen LogP contribution in [0.3, 0.4) is 0 Å². The van der Waals surface area contributed by atoms with Crippen LogP contribution in [0.4, 0.5) is 0 Å². The second-order valence-electron chi connectivity index (χ2n) is 7.11. The van der Waals surface area contributed by atoms with Crippen molar-refractivity contribution >= 4 is 29.1 Å². The number of Topliss-reactive ketones (excluding diaryl/α,β-unsaturated/α-hetero) is 1. The molecule has 1 atom stereocenters. The van der Waals surface area contributed by atoms with Gasteiger partial charge in [0.2, 0.25) is 0 Å². The lowest BCUT2D eigenvalue weighted by molar-refractivity contribution is -0.140. The van der Waals surface area contributed by atoms with Crippen LogP contribution in [0.25, 0.3) is 5.76 Å². The second-order valence-corrected chi connectivity index (χ2v) is 7.52.